The zero-order valence-corrected chi connectivity index (χ0v) is 18.6. The normalized spacial score (nSPS) is 14.9. The largest absolute Gasteiger partial charge is 0.384 e. The molecule has 4 rings (SSSR count). The highest BCUT2D eigenvalue weighted by Crippen LogP contribution is 2.32. The SMILES string of the molecule is CN1CCN(Cc2ccc(C(=O)Nc3sc(-c4ccnc(N)c4)nc3C(N)=O)cc2)CC1. The summed E-state index contributed by atoms with van der Waals surface area (Å²) in [6.45, 7) is 5.04. The van der Waals surface area contributed by atoms with Crippen LogP contribution in [-0.2, 0) is 6.54 Å². The van der Waals surface area contributed by atoms with Crippen LogP contribution in [0.1, 0.15) is 26.4 Å². The molecular weight excluding hydrogens is 426 g/mol. The van der Waals surface area contributed by atoms with Gasteiger partial charge in [-0.3, -0.25) is 14.5 Å². The van der Waals surface area contributed by atoms with Gasteiger partial charge in [0.1, 0.15) is 15.8 Å². The average Bonchev–Trinajstić information content (AvgIpc) is 3.20. The van der Waals surface area contributed by atoms with E-state index in [9.17, 15) is 9.59 Å². The smallest absolute Gasteiger partial charge is 0.270 e. The van der Waals surface area contributed by atoms with E-state index in [0.29, 0.717) is 27.0 Å². The second-order valence-electron chi connectivity index (χ2n) is 7.76. The van der Waals surface area contributed by atoms with Gasteiger partial charge in [0.05, 0.1) is 0 Å². The van der Waals surface area contributed by atoms with Crippen LogP contribution in [0.3, 0.4) is 0 Å². The standard InChI is InChI=1S/C22H25N7O2S/c1-28-8-10-29(11-9-28)13-14-2-4-15(5-3-14)20(31)27-22-18(19(24)30)26-21(32-22)16-6-7-25-17(23)12-16/h2-7,12H,8-11,13H2,1H3,(H2,23,25)(H2,24,30)(H,27,31). The maximum atomic E-state index is 12.8. The van der Waals surface area contributed by atoms with E-state index in [1.807, 2.05) is 12.1 Å². The minimum Gasteiger partial charge on any atom is -0.384 e. The molecule has 1 aromatic carbocycles. The van der Waals surface area contributed by atoms with E-state index in [-0.39, 0.29) is 11.6 Å². The maximum absolute atomic E-state index is 12.8. The predicted molar refractivity (Wildman–Crippen MR) is 125 cm³/mol. The summed E-state index contributed by atoms with van der Waals surface area (Å²) in [6.07, 6.45) is 1.55. The van der Waals surface area contributed by atoms with Crippen molar-refractivity contribution in [2.75, 3.05) is 44.3 Å². The highest BCUT2D eigenvalue weighted by atomic mass is 32.1. The lowest BCUT2D eigenvalue weighted by atomic mass is 10.1. The number of nitrogens with one attached hydrogen (secondary N) is 1. The van der Waals surface area contributed by atoms with Crippen molar-refractivity contribution in [1.82, 2.24) is 19.8 Å². The second kappa shape index (κ2) is 9.43. The number of thiazole rings is 1. The van der Waals surface area contributed by atoms with Crippen molar-refractivity contribution in [3.8, 4) is 10.6 Å². The van der Waals surface area contributed by atoms with Crippen LogP contribution in [0.2, 0.25) is 0 Å². The van der Waals surface area contributed by atoms with E-state index in [0.717, 1.165) is 49.6 Å². The third-order valence-electron chi connectivity index (χ3n) is 5.33. The highest BCUT2D eigenvalue weighted by molar-refractivity contribution is 7.19. The number of piperazine rings is 1. The monoisotopic (exact) mass is 451 g/mol. The number of anilines is 2. The van der Waals surface area contributed by atoms with E-state index in [1.54, 1.807) is 30.5 Å². The first kappa shape index (κ1) is 21.9. The van der Waals surface area contributed by atoms with Gasteiger partial charge in [-0.1, -0.05) is 23.5 Å². The third-order valence-corrected chi connectivity index (χ3v) is 6.35. The Morgan fingerprint density at radius 3 is 2.50 bits per heavy atom. The number of nitrogens with two attached hydrogens (primary N) is 2. The number of nitrogens with zero attached hydrogens (tertiary/aromatic N) is 4. The third kappa shape index (κ3) is 5.10. The van der Waals surface area contributed by atoms with Gasteiger partial charge < -0.3 is 21.7 Å². The van der Waals surface area contributed by atoms with Gasteiger partial charge in [0.25, 0.3) is 11.8 Å². The Morgan fingerprint density at radius 1 is 1.12 bits per heavy atom. The van der Waals surface area contributed by atoms with E-state index in [1.165, 1.54) is 0 Å². The van der Waals surface area contributed by atoms with Crippen LogP contribution in [0, 0.1) is 0 Å². The number of benzene rings is 1. The van der Waals surface area contributed by atoms with E-state index in [2.05, 4.69) is 32.1 Å². The summed E-state index contributed by atoms with van der Waals surface area (Å²) in [4.78, 5) is 37.6. The predicted octanol–water partition coefficient (Wildman–Crippen LogP) is 1.89. The number of hydrogen-bond acceptors (Lipinski definition) is 8. The first-order valence-corrected chi connectivity index (χ1v) is 11.0. The van der Waals surface area contributed by atoms with Crippen molar-refractivity contribution < 1.29 is 9.59 Å². The molecule has 32 heavy (non-hydrogen) atoms. The van der Waals surface area contributed by atoms with E-state index < -0.39 is 5.91 Å². The number of nitrogen functional groups attached to an aromatic ring is 1. The molecule has 3 heterocycles. The molecule has 0 atom stereocenters. The molecule has 166 valence electrons. The second-order valence-corrected chi connectivity index (χ2v) is 8.76. The van der Waals surface area contributed by atoms with Gasteiger partial charge in [-0.25, -0.2) is 9.97 Å². The Labute approximate surface area is 190 Å². The molecule has 0 unspecified atom stereocenters. The molecule has 5 N–H and O–H groups in total. The van der Waals surface area contributed by atoms with Crippen LogP contribution in [-0.4, -0.2) is 64.8 Å². The van der Waals surface area contributed by atoms with Crippen LogP contribution in [0.25, 0.3) is 10.6 Å². The molecular formula is C22H25N7O2S. The summed E-state index contributed by atoms with van der Waals surface area (Å²) in [5.74, 6) is -0.712. The highest BCUT2D eigenvalue weighted by Gasteiger charge is 2.20. The Hall–Kier alpha value is -3.34. The molecule has 1 aliphatic heterocycles. The van der Waals surface area contributed by atoms with Gasteiger partial charge in [0, 0.05) is 50.0 Å². The Balaban J connectivity index is 1.47. The maximum Gasteiger partial charge on any atom is 0.270 e. The topological polar surface area (TPSA) is 130 Å². The van der Waals surface area contributed by atoms with Crippen molar-refractivity contribution in [2.24, 2.45) is 5.73 Å². The summed E-state index contributed by atoms with van der Waals surface area (Å²) in [7, 11) is 2.13. The van der Waals surface area contributed by atoms with Crippen molar-refractivity contribution >= 4 is 34.0 Å². The Kier molecular flexibility index (Phi) is 6.45. The van der Waals surface area contributed by atoms with Crippen LogP contribution in [0.15, 0.2) is 42.6 Å². The molecule has 9 nitrogen and oxygen atoms in total. The Bertz CT molecular complexity index is 1120. The quantitative estimate of drug-likeness (QED) is 0.522. The van der Waals surface area contributed by atoms with Gasteiger partial charge in [-0.15, -0.1) is 0 Å². The van der Waals surface area contributed by atoms with Gasteiger partial charge in [0.2, 0.25) is 0 Å². The first-order valence-electron chi connectivity index (χ1n) is 10.2. The number of rotatable bonds is 6. The number of carbonyl (C=O) groups excluding carboxylic acids is 2. The van der Waals surface area contributed by atoms with Crippen LogP contribution >= 0.6 is 11.3 Å². The molecule has 2 amide bonds. The molecule has 0 radical (unpaired) electrons. The molecule has 1 aliphatic rings. The number of primary amides is 1. The fraction of sp³-hybridized carbons (Fsp3) is 0.273. The molecule has 1 saturated heterocycles. The number of carbonyl (C=O) groups is 2. The number of hydrogen-bond donors (Lipinski definition) is 3. The zero-order chi connectivity index (χ0) is 22.7. The van der Waals surface area contributed by atoms with Gasteiger partial charge in [-0.05, 0) is 36.9 Å². The fourth-order valence-corrected chi connectivity index (χ4v) is 4.44. The molecule has 3 aromatic rings. The summed E-state index contributed by atoms with van der Waals surface area (Å²) in [5.41, 5.74) is 13.6. The fourth-order valence-electron chi connectivity index (χ4n) is 3.48. The minimum atomic E-state index is -0.715. The summed E-state index contributed by atoms with van der Waals surface area (Å²) in [5, 5.41) is 3.59. The summed E-state index contributed by atoms with van der Waals surface area (Å²) < 4.78 is 0. The van der Waals surface area contributed by atoms with E-state index >= 15 is 0 Å². The molecule has 0 bridgehead atoms. The van der Waals surface area contributed by atoms with Crippen LogP contribution in [0.5, 0.6) is 0 Å². The summed E-state index contributed by atoms with van der Waals surface area (Å²) in [6, 6.07) is 10.9. The van der Waals surface area contributed by atoms with Crippen molar-refractivity contribution in [2.45, 2.75) is 6.54 Å². The average molecular weight is 452 g/mol. The van der Waals surface area contributed by atoms with E-state index in [4.69, 9.17) is 11.5 Å². The van der Waals surface area contributed by atoms with Crippen LogP contribution in [0.4, 0.5) is 10.8 Å². The lowest BCUT2D eigenvalue weighted by Crippen LogP contribution is -2.43. The molecule has 0 spiro atoms. The van der Waals surface area contributed by atoms with Crippen molar-refractivity contribution in [1.29, 1.82) is 0 Å². The van der Waals surface area contributed by atoms with Gasteiger partial charge >= 0.3 is 0 Å². The molecule has 1 fully saturated rings. The van der Waals surface area contributed by atoms with Gasteiger partial charge in [-0.2, -0.15) is 0 Å². The Morgan fingerprint density at radius 2 is 1.84 bits per heavy atom. The molecule has 10 heteroatoms. The summed E-state index contributed by atoms with van der Waals surface area (Å²) >= 11 is 1.16. The molecule has 0 saturated carbocycles. The number of likely N-dealkylation sites (N-methyl/N-ethyl adjacent to an activating group) is 1. The molecule has 0 aliphatic carbocycles. The van der Waals surface area contributed by atoms with Gasteiger partial charge in [0.15, 0.2) is 5.69 Å². The lowest BCUT2D eigenvalue weighted by Gasteiger charge is -2.32. The number of pyridine rings is 1. The number of aromatic nitrogens is 2. The van der Waals surface area contributed by atoms with Crippen molar-refractivity contribution in [3.05, 3.63) is 59.4 Å². The zero-order valence-electron chi connectivity index (χ0n) is 17.7. The molecule has 2 aromatic heterocycles. The number of amides is 2. The van der Waals surface area contributed by atoms with Crippen LogP contribution < -0.4 is 16.8 Å². The lowest BCUT2D eigenvalue weighted by molar-refractivity contribution is 0.0997. The van der Waals surface area contributed by atoms with Crippen molar-refractivity contribution in [3.63, 3.8) is 0 Å². The minimum absolute atomic E-state index is 0.0143. The first-order chi connectivity index (χ1) is 15.4.